The summed E-state index contributed by atoms with van der Waals surface area (Å²) in [5.41, 5.74) is 1.81. The van der Waals surface area contributed by atoms with Crippen LogP contribution in [0.5, 0.6) is 0 Å². The Morgan fingerprint density at radius 1 is 1.09 bits per heavy atom. The van der Waals surface area contributed by atoms with Crippen LogP contribution in [0.4, 0.5) is 0 Å². The molecule has 2 aliphatic rings. The second-order valence-corrected chi connectivity index (χ2v) is 14.4. The van der Waals surface area contributed by atoms with Gasteiger partial charge in [-0.05, 0) is 44.6 Å². The Kier molecular flexibility index (Phi) is 16.4. The Hall–Kier alpha value is -2.01. The molecule has 0 aliphatic carbocycles. The second kappa shape index (κ2) is 18.7. The van der Waals surface area contributed by atoms with E-state index in [-0.39, 0.29) is 48.1 Å². The van der Waals surface area contributed by atoms with Gasteiger partial charge in [-0.25, -0.2) is 4.79 Å². The van der Waals surface area contributed by atoms with Crippen LogP contribution in [0.2, 0.25) is 0 Å². The number of allylic oxidation sites excluding steroid dienone is 5. The summed E-state index contributed by atoms with van der Waals surface area (Å²) in [4.78, 5) is 13.6. The summed E-state index contributed by atoms with van der Waals surface area (Å²) >= 11 is 0. The lowest BCUT2D eigenvalue weighted by Gasteiger charge is -2.50. The molecule has 3 N–H and O–H groups in total. The number of esters is 1. The number of carbonyl (C=O) groups excluding carboxylic acids is 1. The fourth-order valence-corrected chi connectivity index (χ4v) is 7.00. The van der Waals surface area contributed by atoms with Crippen LogP contribution in [0.15, 0.2) is 47.3 Å². The predicted octanol–water partition coefficient (Wildman–Crippen LogP) is 6.13. The minimum Gasteiger partial charge on any atom is -0.490 e. The molecule has 1 fully saturated rings. The Morgan fingerprint density at radius 2 is 1.74 bits per heavy atom. The minimum absolute atomic E-state index is 0.00290. The van der Waals surface area contributed by atoms with Crippen LogP contribution >= 0.6 is 0 Å². The van der Waals surface area contributed by atoms with Gasteiger partial charge in [-0.15, -0.1) is 0 Å². The molecule has 1 saturated heterocycles. The zero-order chi connectivity index (χ0) is 35.6. The lowest BCUT2D eigenvalue weighted by atomic mass is 9.76. The smallest absolute Gasteiger partial charge is 0.373 e. The molecule has 9 nitrogen and oxygen atoms in total. The highest BCUT2D eigenvalue weighted by Gasteiger charge is 2.52. The second-order valence-electron chi connectivity index (χ2n) is 14.4. The lowest BCUT2D eigenvalue weighted by molar-refractivity contribution is -0.332. The first-order valence-electron chi connectivity index (χ1n) is 17.4. The SMILES string of the molecule is CCCOC1CC(O)(C(C)C(O)C(C)C2OC(=O)/C(OC)=C/C(C)=C/C(C)C(O)C(C)C/C(C)=C\C=C\C2OC)OC(C(C)C)C1C. The molecule has 12 atom stereocenters. The Labute approximate surface area is 284 Å². The van der Waals surface area contributed by atoms with E-state index in [1.807, 2.05) is 52.8 Å². The summed E-state index contributed by atoms with van der Waals surface area (Å²) in [6.45, 7) is 20.2. The van der Waals surface area contributed by atoms with Crippen LogP contribution in [0.3, 0.4) is 0 Å². The molecule has 2 aliphatic heterocycles. The molecule has 47 heavy (non-hydrogen) atoms. The number of methoxy groups -OCH3 is 2. The van der Waals surface area contributed by atoms with Crippen LogP contribution in [-0.2, 0) is 28.5 Å². The zero-order valence-electron chi connectivity index (χ0n) is 30.9. The number of carbonyl (C=O) groups is 1. The van der Waals surface area contributed by atoms with Crippen LogP contribution < -0.4 is 0 Å². The van der Waals surface area contributed by atoms with Crippen molar-refractivity contribution >= 4 is 5.97 Å². The molecule has 0 saturated carbocycles. The van der Waals surface area contributed by atoms with Crippen molar-refractivity contribution in [1.29, 1.82) is 0 Å². The monoisotopic (exact) mass is 664 g/mol. The zero-order valence-corrected chi connectivity index (χ0v) is 30.9. The van der Waals surface area contributed by atoms with Crippen LogP contribution in [-0.4, -0.2) is 84.5 Å². The van der Waals surface area contributed by atoms with E-state index in [1.54, 1.807) is 26.0 Å². The molecule has 0 aromatic carbocycles. The van der Waals surface area contributed by atoms with E-state index in [9.17, 15) is 20.1 Å². The van der Waals surface area contributed by atoms with Gasteiger partial charge in [-0.3, -0.25) is 0 Å². The maximum atomic E-state index is 13.6. The van der Waals surface area contributed by atoms with Crippen molar-refractivity contribution in [1.82, 2.24) is 0 Å². The van der Waals surface area contributed by atoms with Gasteiger partial charge in [0, 0.05) is 43.8 Å². The molecule has 0 aromatic rings. The van der Waals surface area contributed by atoms with E-state index in [0.29, 0.717) is 13.0 Å². The summed E-state index contributed by atoms with van der Waals surface area (Å²) in [6.07, 6.45) is 6.92. The number of hydrogen-bond donors (Lipinski definition) is 3. The molecule has 0 aromatic heterocycles. The van der Waals surface area contributed by atoms with E-state index in [1.165, 1.54) is 14.2 Å². The van der Waals surface area contributed by atoms with Crippen LogP contribution in [0.1, 0.15) is 88.5 Å². The van der Waals surface area contributed by atoms with Gasteiger partial charge >= 0.3 is 5.97 Å². The fourth-order valence-electron chi connectivity index (χ4n) is 7.00. The lowest BCUT2D eigenvalue weighted by Crippen LogP contribution is -2.59. The third-order valence-electron chi connectivity index (χ3n) is 10.0. The largest absolute Gasteiger partial charge is 0.490 e. The van der Waals surface area contributed by atoms with Crippen LogP contribution in [0.25, 0.3) is 0 Å². The first-order chi connectivity index (χ1) is 22.0. The quantitative estimate of drug-likeness (QED) is 0.237. The Balaban J connectivity index is 2.53. The van der Waals surface area contributed by atoms with Crippen molar-refractivity contribution in [3.63, 3.8) is 0 Å². The van der Waals surface area contributed by atoms with Crippen molar-refractivity contribution in [3.05, 3.63) is 47.3 Å². The van der Waals surface area contributed by atoms with Gasteiger partial charge in [-0.1, -0.05) is 90.8 Å². The van der Waals surface area contributed by atoms with Gasteiger partial charge in [0.1, 0.15) is 12.2 Å². The van der Waals surface area contributed by atoms with E-state index < -0.39 is 48.0 Å². The van der Waals surface area contributed by atoms with Gasteiger partial charge < -0.3 is 39.0 Å². The number of ether oxygens (including phenoxy) is 5. The summed E-state index contributed by atoms with van der Waals surface area (Å²) in [5.74, 6) is -3.86. The Morgan fingerprint density at radius 3 is 2.32 bits per heavy atom. The van der Waals surface area contributed by atoms with E-state index in [2.05, 4.69) is 20.8 Å². The first-order valence-corrected chi connectivity index (χ1v) is 17.4. The van der Waals surface area contributed by atoms with E-state index >= 15 is 0 Å². The molecule has 12 unspecified atom stereocenters. The van der Waals surface area contributed by atoms with E-state index in [4.69, 9.17) is 23.7 Å². The summed E-state index contributed by atoms with van der Waals surface area (Å²) in [6, 6.07) is 0. The third-order valence-corrected chi connectivity index (χ3v) is 10.0. The molecule has 2 heterocycles. The van der Waals surface area contributed by atoms with Gasteiger partial charge in [0.25, 0.3) is 0 Å². The van der Waals surface area contributed by atoms with Gasteiger partial charge in [-0.2, -0.15) is 0 Å². The summed E-state index contributed by atoms with van der Waals surface area (Å²) < 4.78 is 30.0. The van der Waals surface area contributed by atoms with Crippen molar-refractivity contribution in [2.45, 2.75) is 131 Å². The number of aliphatic hydroxyl groups excluding tert-OH is 2. The van der Waals surface area contributed by atoms with E-state index in [0.717, 1.165) is 17.6 Å². The van der Waals surface area contributed by atoms with Crippen molar-refractivity contribution in [2.75, 3.05) is 20.8 Å². The highest BCUT2D eigenvalue weighted by molar-refractivity contribution is 5.87. The standard InChI is InChI=1S/C38H64O9/c1-13-17-45-32-21-38(42,47-35(22(2)3)27(32)8)29(10)34(40)28(9)36-30(43-11)16-14-15-23(4)18-25(6)33(39)26(7)19-24(5)20-31(44-12)37(41)46-36/h14-16,19-20,22,25-30,32-36,39-40,42H,13,17-18,21H2,1-12H3/b16-14+,23-15-,24-19+,31-20-. The topological polar surface area (TPSA) is 124 Å². The van der Waals surface area contributed by atoms with Gasteiger partial charge in [0.05, 0.1) is 31.5 Å². The highest BCUT2D eigenvalue weighted by Crippen LogP contribution is 2.42. The minimum atomic E-state index is -1.68. The molecular formula is C38H64O9. The average molecular weight is 665 g/mol. The first kappa shape index (κ1) is 41.2. The number of aliphatic hydroxyl groups is 3. The summed E-state index contributed by atoms with van der Waals surface area (Å²) in [5, 5.41) is 34.9. The maximum Gasteiger partial charge on any atom is 0.373 e. The molecule has 270 valence electrons. The normalized spacial score (nSPS) is 39.3. The average Bonchev–Trinajstić information content (AvgIpc) is 3.02. The van der Waals surface area contributed by atoms with Gasteiger partial charge in [0.2, 0.25) is 5.76 Å². The molecular weight excluding hydrogens is 600 g/mol. The number of hydrogen-bond acceptors (Lipinski definition) is 9. The fraction of sp³-hybridized carbons (Fsp3) is 0.763. The van der Waals surface area contributed by atoms with Crippen molar-refractivity contribution in [3.8, 4) is 0 Å². The van der Waals surface area contributed by atoms with Crippen molar-refractivity contribution in [2.24, 2.45) is 35.5 Å². The molecule has 2 rings (SSSR count). The molecule has 0 amide bonds. The third kappa shape index (κ3) is 11.0. The number of cyclic esters (lactones) is 1. The Bertz CT molecular complexity index is 1110. The van der Waals surface area contributed by atoms with Crippen molar-refractivity contribution < 1.29 is 43.8 Å². The predicted molar refractivity (Wildman–Crippen MR) is 184 cm³/mol. The highest BCUT2D eigenvalue weighted by atomic mass is 16.6. The molecule has 0 spiro atoms. The number of rotatable bonds is 10. The molecule has 0 radical (unpaired) electrons. The maximum absolute atomic E-state index is 13.6. The van der Waals surface area contributed by atoms with Crippen LogP contribution in [0, 0.1) is 35.5 Å². The van der Waals surface area contributed by atoms with Gasteiger partial charge in [0.15, 0.2) is 5.79 Å². The summed E-state index contributed by atoms with van der Waals surface area (Å²) in [7, 11) is 2.92. The molecule has 9 heteroatoms. The molecule has 0 bridgehead atoms.